The van der Waals surface area contributed by atoms with Crippen LogP contribution in [0.25, 0.3) is 0 Å². The highest BCUT2D eigenvalue weighted by molar-refractivity contribution is 5.78. The van der Waals surface area contributed by atoms with E-state index in [0.717, 1.165) is 57.9 Å². The van der Waals surface area contributed by atoms with Crippen molar-refractivity contribution in [3.63, 3.8) is 0 Å². The Balaban J connectivity index is 1.50. The minimum absolute atomic E-state index is 0.271. The summed E-state index contributed by atoms with van der Waals surface area (Å²) >= 11 is 0. The normalized spacial score (nSPS) is 23.5. The van der Waals surface area contributed by atoms with E-state index in [-0.39, 0.29) is 5.91 Å². The monoisotopic (exact) mass is 303 g/mol. The highest BCUT2D eigenvalue weighted by atomic mass is 16.5. The summed E-state index contributed by atoms with van der Waals surface area (Å²) in [6, 6.07) is 6.06. The van der Waals surface area contributed by atoms with Crippen LogP contribution < -0.4 is 0 Å². The molecule has 2 aliphatic rings. The van der Waals surface area contributed by atoms with Crippen molar-refractivity contribution in [2.24, 2.45) is 5.92 Å². The Morgan fingerprint density at radius 1 is 1.27 bits per heavy atom. The number of aromatic nitrogens is 1. The minimum atomic E-state index is 0.271. The molecule has 0 N–H and O–H groups in total. The molecule has 0 saturated carbocycles. The first kappa shape index (κ1) is 15.4. The van der Waals surface area contributed by atoms with Gasteiger partial charge >= 0.3 is 0 Å². The van der Waals surface area contributed by atoms with Gasteiger partial charge in [0.15, 0.2) is 0 Å². The summed E-state index contributed by atoms with van der Waals surface area (Å²) < 4.78 is 5.34. The molecule has 5 heteroatoms. The largest absolute Gasteiger partial charge is 0.379 e. The molecule has 3 rings (SSSR count). The van der Waals surface area contributed by atoms with Gasteiger partial charge < -0.3 is 9.64 Å². The first-order valence-electron chi connectivity index (χ1n) is 8.29. The Morgan fingerprint density at radius 3 is 2.91 bits per heavy atom. The van der Waals surface area contributed by atoms with Gasteiger partial charge in [0.1, 0.15) is 0 Å². The van der Waals surface area contributed by atoms with Crippen molar-refractivity contribution in [1.82, 2.24) is 14.8 Å². The Hall–Kier alpha value is -1.46. The van der Waals surface area contributed by atoms with Gasteiger partial charge in [-0.1, -0.05) is 6.07 Å². The van der Waals surface area contributed by atoms with Gasteiger partial charge in [0.05, 0.1) is 19.8 Å². The van der Waals surface area contributed by atoms with E-state index in [1.165, 1.54) is 6.42 Å². The van der Waals surface area contributed by atoms with E-state index in [2.05, 4.69) is 16.0 Å². The number of hydrogen-bond acceptors (Lipinski definition) is 4. The van der Waals surface area contributed by atoms with Crippen molar-refractivity contribution in [2.45, 2.75) is 19.3 Å². The maximum atomic E-state index is 12.5. The van der Waals surface area contributed by atoms with Crippen LogP contribution in [0.15, 0.2) is 24.4 Å². The second-order valence-corrected chi connectivity index (χ2v) is 6.26. The number of rotatable bonds is 4. The number of nitrogens with zero attached hydrogens (tertiary/aromatic N) is 3. The number of hydrogen-bond donors (Lipinski definition) is 0. The topological polar surface area (TPSA) is 45.7 Å². The van der Waals surface area contributed by atoms with Gasteiger partial charge in [-0.2, -0.15) is 0 Å². The fourth-order valence-corrected chi connectivity index (χ4v) is 3.32. The molecule has 2 aliphatic heterocycles. The molecule has 5 nitrogen and oxygen atoms in total. The molecule has 120 valence electrons. The van der Waals surface area contributed by atoms with E-state index >= 15 is 0 Å². The minimum Gasteiger partial charge on any atom is -0.379 e. The third kappa shape index (κ3) is 4.27. The van der Waals surface area contributed by atoms with Crippen molar-refractivity contribution < 1.29 is 9.53 Å². The molecule has 1 amide bonds. The zero-order valence-corrected chi connectivity index (χ0v) is 13.1. The zero-order valence-electron chi connectivity index (χ0n) is 13.1. The number of piperidine rings is 1. The number of likely N-dealkylation sites (tertiary alicyclic amines) is 1. The van der Waals surface area contributed by atoms with Crippen LogP contribution in [0.5, 0.6) is 0 Å². The Labute approximate surface area is 132 Å². The lowest BCUT2D eigenvalue weighted by Gasteiger charge is -2.35. The lowest BCUT2D eigenvalue weighted by molar-refractivity contribution is -0.135. The number of carbonyl (C=O) groups excluding carboxylic acids is 1. The lowest BCUT2D eigenvalue weighted by Crippen LogP contribution is -2.47. The third-order valence-electron chi connectivity index (χ3n) is 4.56. The number of morpholine rings is 1. The molecule has 0 bridgehead atoms. The molecule has 0 unspecified atom stereocenters. The first-order chi connectivity index (χ1) is 10.8. The molecule has 1 aromatic heterocycles. The van der Waals surface area contributed by atoms with Crippen molar-refractivity contribution in [1.29, 1.82) is 0 Å². The van der Waals surface area contributed by atoms with Crippen LogP contribution >= 0.6 is 0 Å². The molecular formula is C17H25N3O2. The number of pyridine rings is 1. The maximum Gasteiger partial charge on any atom is 0.236 e. The molecule has 0 spiro atoms. The smallest absolute Gasteiger partial charge is 0.236 e. The second-order valence-electron chi connectivity index (χ2n) is 6.26. The highest BCUT2D eigenvalue weighted by Crippen LogP contribution is 2.20. The summed E-state index contributed by atoms with van der Waals surface area (Å²) in [4.78, 5) is 21.2. The van der Waals surface area contributed by atoms with Crippen molar-refractivity contribution in [3.05, 3.63) is 30.1 Å². The molecule has 0 aliphatic carbocycles. The first-order valence-corrected chi connectivity index (χ1v) is 8.29. The maximum absolute atomic E-state index is 12.5. The molecule has 0 aromatic carbocycles. The molecule has 22 heavy (non-hydrogen) atoms. The van der Waals surface area contributed by atoms with Crippen LogP contribution in [-0.4, -0.2) is 66.6 Å². The summed E-state index contributed by atoms with van der Waals surface area (Å²) in [5.41, 5.74) is 1.13. The van der Waals surface area contributed by atoms with Crippen molar-refractivity contribution in [3.8, 4) is 0 Å². The van der Waals surface area contributed by atoms with E-state index in [4.69, 9.17) is 4.74 Å². The van der Waals surface area contributed by atoms with Gasteiger partial charge in [-0.05, 0) is 37.3 Å². The summed E-state index contributed by atoms with van der Waals surface area (Å²) in [5, 5.41) is 0. The molecule has 2 fully saturated rings. The van der Waals surface area contributed by atoms with Crippen LogP contribution in [0, 0.1) is 5.92 Å². The predicted octanol–water partition coefficient (Wildman–Crippen LogP) is 1.19. The van der Waals surface area contributed by atoms with Gasteiger partial charge in [-0.15, -0.1) is 0 Å². The fraction of sp³-hybridized carbons (Fsp3) is 0.647. The summed E-state index contributed by atoms with van der Waals surface area (Å²) in [5.74, 6) is 0.810. The average Bonchev–Trinajstić information content (AvgIpc) is 2.57. The molecule has 0 radical (unpaired) electrons. The number of amides is 1. The van der Waals surface area contributed by atoms with E-state index in [9.17, 15) is 4.79 Å². The van der Waals surface area contributed by atoms with Crippen molar-refractivity contribution in [2.75, 3.05) is 45.9 Å². The third-order valence-corrected chi connectivity index (χ3v) is 4.56. The molecule has 2 saturated heterocycles. The van der Waals surface area contributed by atoms with Crippen LogP contribution in [0.1, 0.15) is 18.5 Å². The Bertz CT molecular complexity index is 474. The quantitative estimate of drug-likeness (QED) is 0.838. The number of ether oxygens (including phenoxy) is 1. The predicted molar refractivity (Wildman–Crippen MR) is 84.5 cm³/mol. The van der Waals surface area contributed by atoms with Gasteiger partial charge in [-0.3, -0.25) is 14.7 Å². The highest BCUT2D eigenvalue weighted by Gasteiger charge is 2.25. The van der Waals surface area contributed by atoms with Gasteiger partial charge in [0.25, 0.3) is 0 Å². The SMILES string of the molecule is O=C(CN1CCOCC1)N1CCC[C@@H](Cc2ccccn2)C1. The molecule has 1 atom stereocenters. The van der Waals surface area contributed by atoms with Crippen molar-refractivity contribution >= 4 is 5.91 Å². The van der Waals surface area contributed by atoms with Gasteiger partial charge in [-0.25, -0.2) is 0 Å². The standard InChI is InChI=1S/C17H25N3O2/c21-17(14-19-8-10-22-11-9-19)20-7-3-4-15(13-20)12-16-5-1-2-6-18-16/h1-2,5-6,15H,3-4,7-14H2/t15-/m0/s1. The van der Waals surface area contributed by atoms with Crippen LogP contribution in [0.3, 0.4) is 0 Å². The van der Waals surface area contributed by atoms with Gasteiger partial charge in [0.2, 0.25) is 5.91 Å². The zero-order chi connectivity index (χ0) is 15.2. The lowest BCUT2D eigenvalue weighted by atomic mass is 9.93. The van der Waals surface area contributed by atoms with Crippen LogP contribution in [0.4, 0.5) is 0 Å². The van der Waals surface area contributed by atoms with E-state index in [1.807, 2.05) is 23.2 Å². The molecule has 1 aromatic rings. The second kappa shape index (κ2) is 7.70. The van der Waals surface area contributed by atoms with Gasteiger partial charge in [0, 0.05) is 38.1 Å². The average molecular weight is 303 g/mol. The van der Waals surface area contributed by atoms with E-state index < -0.39 is 0 Å². The molecule has 3 heterocycles. The summed E-state index contributed by atoms with van der Waals surface area (Å²) in [6.07, 6.45) is 5.12. The Kier molecular flexibility index (Phi) is 5.40. The summed E-state index contributed by atoms with van der Waals surface area (Å²) in [6.45, 7) is 5.56. The van der Waals surface area contributed by atoms with Crippen LogP contribution in [0.2, 0.25) is 0 Å². The summed E-state index contributed by atoms with van der Waals surface area (Å²) in [7, 11) is 0. The Morgan fingerprint density at radius 2 is 2.14 bits per heavy atom. The van der Waals surface area contributed by atoms with E-state index in [0.29, 0.717) is 12.5 Å². The fourth-order valence-electron chi connectivity index (χ4n) is 3.32. The number of carbonyl (C=O) groups is 1. The van der Waals surface area contributed by atoms with E-state index in [1.54, 1.807) is 0 Å². The van der Waals surface area contributed by atoms with Crippen LogP contribution in [-0.2, 0) is 16.0 Å². The molecular weight excluding hydrogens is 278 g/mol.